The Bertz CT molecular complexity index is 1180. The first-order valence-corrected chi connectivity index (χ1v) is 8.91. The molecule has 1 aromatic heterocycles. The summed E-state index contributed by atoms with van der Waals surface area (Å²) < 4.78 is 5.35. The van der Waals surface area contributed by atoms with Crippen LogP contribution in [0.15, 0.2) is 54.7 Å². The molecule has 0 aliphatic carbocycles. The molecule has 0 aliphatic rings. The van der Waals surface area contributed by atoms with Crippen LogP contribution in [0, 0.1) is 10.1 Å². The summed E-state index contributed by atoms with van der Waals surface area (Å²) in [5.41, 5.74) is -0.824. The molecular weight excluding hydrogens is 456 g/mol. The molecule has 0 aliphatic heterocycles. The van der Waals surface area contributed by atoms with Crippen molar-refractivity contribution in [2.75, 3.05) is 5.32 Å². The van der Waals surface area contributed by atoms with E-state index in [-0.39, 0.29) is 54.2 Å². The van der Waals surface area contributed by atoms with Gasteiger partial charge in [-0.25, -0.2) is 4.98 Å². The van der Waals surface area contributed by atoms with Crippen molar-refractivity contribution in [1.82, 2.24) is 4.98 Å². The maximum Gasteiger partial charge on any atom is 1.00 e. The molecule has 160 valence electrons. The second-order valence-electron chi connectivity index (χ2n) is 5.76. The van der Waals surface area contributed by atoms with Gasteiger partial charge in [0.05, 0.1) is 27.2 Å². The van der Waals surface area contributed by atoms with Crippen molar-refractivity contribution in [1.29, 1.82) is 0 Å². The smallest absolute Gasteiger partial charge is 0.545 e. The van der Waals surface area contributed by atoms with E-state index in [9.17, 15) is 24.8 Å². The minimum absolute atomic E-state index is 0. The molecule has 0 unspecified atom stereocenters. The molecule has 1 N–H and O–H groups in total. The molecule has 0 fully saturated rings. The summed E-state index contributed by atoms with van der Waals surface area (Å²) in [4.78, 5) is 38.1. The van der Waals surface area contributed by atoms with Crippen LogP contribution in [0.2, 0.25) is 10.0 Å². The van der Waals surface area contributed by atoms with Gasteiger partial charge in [-0.05, 0) is 42.5 Å². The Hall–Kier alpha value is -3.09. The Morgan fingerprint density at radius 2 is 1.78 bits per heavy atom. The number of hydrogen-bond donors (Lipinski definition) is 1. The second kappa shape index (κ2) is 11.5. The van der Waals surface area contributed by atoms with Gasteiger partial charge in [0, 0.05) is 22.8 Å². The van der Waals surface area contributed by atoms with Gasteiger partial charge < -0.3 is 20.0 Å². The van der Waals surface area contributed by atoms with Crippen LogP contribution in [0.4, 0.5) is 11.4 Å². The molecule has 1 amide bonds. The number of carbonyl (C=O) groups excluding carboxylic acids is 2. The van der Waals surface area contributed by atoms with Crippen LogP contribution in [0.3, 0.4) is 0 Å². The molecule has 9 nitrogen and oxygen atoms in total. The van der Waals surface area contributed by atoms with Gasteiger partial charge in [0.2, 0.25) is 0 Å². The Morgan fingerprint density at radius 1 is 1.06 bits per heavy atom. The van der Waals surface area contributed by atoms with E-state index < -0.39 is 28.1 Å². The molecule has 0 atom stereocenters. The molecule has 0 saturated heterocycles. The van der Waals surface area contributed by atoms with Gasteiger partial charge in [0.25, 0.3) is 11.8 Å². The predicted octanol–water partition coefficient (Wildman–Crippen LogP) is 1.34. The van der Waals surface area contributed by atoms with Gasteiger partial charge >= 0.3 is 24.5 Å². The summed E-state index contributed by atoms with van der Waals surface area (Å²) in [7, 11) is 0. The molecule has 3 aromatic rings. The number of amides is 1. The topological polar surface area (TPSA) is 134 Å². The number of carboxylic acid groups (broad SMARTS) is 1. The van der Waals surface area contributed by atoms with Crippen LogP contribution >= 0.6 is 23.2 Å². The number of aromatic carboxylic acids is 1. The van der Waals surface area contributed by atoms with Crippen LogP contribution in [0.1, 0.15) is 28.1 Å². The number of carboxylic acids is 1. The number of aromatic nitrogens is 1. The average molecular weight is 470 g/mol. The molecule has 2 aromatic carbocycles. The standard InChI is InChI=1S/C19H11Cl2N3O6.CH4.Li/c20-10-3-5-12(14(21)8-10)17(25)23-15-6-4-11(9-13(15)19(26)27)30-18-16(24(28)29)2-1-7-22-18;;/h1-9H,(H,23,25)(H,26,27);1H4;/q;;+1/p-1. The molecule has 1 heterocycles. The van der Waals surface area contributed by atoms with Crippen molar-refractivity contribution in [2.45, 2.75) is 7.43 Å². The zero-order valence-corrected chi connectivity index (χ0v) is 17.3. The number of halogens is 2. The Morgan fingerprint density at radius 3 is 2.41 bits per heavy atom. The average Bonchev–Trinajstić information content (AvgIpc) is 2.69. The van der Waals surface area contributed by atoms with E-state index in [1.807, 2.05) is 0 Å². The Balaban J connectivity index is 0.00000256. The number of nitro groups is 1. The molecule has 0 bridgehead atoms. The molecular formula is C20H14Cl2LiN3O6. The first-order valence-electron chi connectivity index (χ1n) is 8.15. The number of benzene rings is 2. The van der Waals surface area contributed by atoms with Crippen molar-refractivity contribution >= 4 is 46.5 Å². The van der Waals surface area contributed by atoms with Crippen LogP contribution in [-0.2, 0) is 0 Å². The molecule has 12 heteroatoms. The maximum absolute atomic E-state index is 12.4. The third-order valence-corrected chi connectivity index (χ3v) is 4.35. The van der Waals surface area contributed by atoms with E-state index in [4.69, 9.17) is 27.9 Å². The fraction of sp³-hybridized carbons (Fsp3) is 0.0500. The van der Waals surface area contributed by atoms with Gasteiger partial charge in [-0.3, -0.25) is 14.9 Å². The monoisotopic (exact) mass is 469 g/mol. The van der Waals surface area contributed by atoms with Crippen LogP contribution < -0.4 is 34.0 Å². The SMILES string of the molecule is C.O=C(Nc1ccc(Oc2ncccc2[N+](=O)[O-])cc1C(=O)[O-])c1ccc(Cl)cc1Cl.[Li+]. The fourth-order valence-corrected chi connectivity index (χ4v) is 2.93. The third-order valence-electron chi connectivity index (χ3n) is 3.80. The van der Waals surface area contributed by atoms with Crippen LogP contribution in [0.25, 0.3) is 0 Å². The number of pyridine rings is 1. The fourth-order valence-electron chi connectivity index (χ4n) is 2.44. The summed E-state index contributed by atoms with van der Waals surface area (Å²) in [5, 5.41) is 25.4. The van der Waals surface area contributed by atoms with Gasteiger partial charge in [-0.15, -0.1) is 0 Å². The first-order chi connectivity index (χ1) is 14.3. The van der Waals surface area contributed by atoms with E-state index in [1.54, 1.807) is 0 Å². The third kappa shape index (κ3) is 6.21. The minimum atomic E-state index is -1.60. The molecule has 0 saturated carbocycles. The summed E-state index contributed by atoms with van der Waals surface area (Å²) in [5.74, 6) is -2.66. The van der Waals surface area contributed by atoms with Crippen molar-refractivity contribution < 1.29 is 43.2 Å². The van der Waals surface area contributed by atoms with Crippen molar-refractivity contribution in [3.8, 4) is 11.6 Å². The summed E-state index contributed by atoms with van der Waals surface area (Å²) in [6.07, 6.45) is 1.28. The predicted molar refractivity (Wildman–Crippen MR) is 113 cm³/mol. The van der Waals surface area contributed by atoms with E-state index in [0.717, 1.165) is 6.07 Å². The molecule has 32 heavy (non-hydrogen) atoms. The maximum atomic E-state index is 12.4. The van der Waals surface area contributed by atoms with E-state index in [0.29, 0.717) is 5.02 Å². The zero-order valence-electron chi connectivity index (χ0n) is 15.8. The number of ether oxygens (including phenoxy) is 1. The van der Waals surface area contributed by atoms with Gasteiger partial charge in [-0.2, -0.15) is 0 Å². The molecule has 3 rings (SSSR count). The summed E-state index contributed by atoms with van der Waals surface area (Å²) >= 11 is 11.8. The second-order valence-corrected chi connectivity index (χ2v) is 6.60. The number of hydrogen-bond acceptors (Lipinski definition) is 7. The number of anilines is 1. The van der Waals surface area contributed by atoms with Crippen molar-refractivity contribution in [3.05, 3.63) is 86.0 Å². The Labute approximate surface area is 204 Å². The number of carbonyl (C=O) groups is 2. The largest absolute Gasteiger partial charge is 1.00 e. The van der Waals surface area contributed by atoms with Crippen LogP contribution in [0.5, 0.6) is 11.6 Å². The normalized spacial score (nSPS) is 9.69. The zero-order chi connectivity index (χ0) is 21.8. The summed E-state index contributed by atoms with van der Waals surface area (Å²) in [6.45, 7) is 0. The Kier molecular flexibility index (Phi) is 9.69. The van der Waals surface area contributed by atoms with E-state index in [2.05, 4.69) is 10.3 Å². The van der Waals surface area contributed by atoms with E-state index >= 15 is 0 Å². The quantitative estimate of drug-likeness (QED) is 0.327. The number of nitrogens with zero attached hydrogens (tertiary/aromatic N) is 2. The van der Waals surface area contributed by atoms with Crippen molar-refractivity contribution in [2.24, 2.45) is 0 Å². The molecule has 0 radical (unpaired) electrons. The number of nitrogens with one attached hydrogen (secondary N) is 1. The van der Waals surface area contributed by atoms with Crippen molar-refractivity contribution in [3.63, 3.8) is 0 Å². The van der Waals surface area contributed by atoms with Gasteiger partial charge in [0.1, 0.15) is 5.75 Å². The van der Waals surface area contributed by atoms with Gasteiger partial charge in [0.15, 0.2) is 0 Å². The first kappa shape index (κ1) is 26.9. The number of rotatable bonds is 6. The van der Waals surface area contributed by atoms with Crippen LogP contribution in [-0.4, -0.2) is 21.8 Å². The summed E-state index contributed by atoms with van der Waals surface area (Å²) in [6, 6.07) is 10.4. The van der Waals surface area contributed by atoms with E-state index in [1.165, 1.54) is 48.7 Å². The minimum Gasteiger partial charge on any atom is -0.545 e. The van der Waals surface area contributed by atoms with Gasteiger partial charge in [-0.1, -0.05) is 30.6 Å². The molecule has 0 spiro atoms.